The van der Waals surface area contributed by atoms with Gasteiger partial charge in [0.05, 0.1) is 33.1 Å². The first-order valence-corrected chi connectivity index (χ1v) is 9.01. The van der Waals surface area contributed by atoms with Gasteiger partial charge in [-0.3, -0.25) is 35.1 Å². The molecular weight excluding hydrogens is 522 g/mol. The van der Waals surface area contributed by atoms with E-state index in [2.05, 4.69) is 42.4 Å². The number of nitro benzene ring substituents is 3. The lowest BCUT2D eigenvalue weighted by Gasteiger charge is -2.06. The zero-order chi connectivity index (χ0) is 21.9. The number of nitrogens with one attached hydrogen (secondary N) is 1. The number of carbonyl (C=O) groups excluding carboxylic acids is 1. The minimum atomic E-state index is -1.02. The highest BCUT2D eigenvalue weighted by molar-refractivity contribution is 9.11. The Kier molecular flexibility index (Phi) is 6.71. The summed E-state index contributed by atoms with van der Waals surface area (Å²) in [6.07, 6.45) is 0.691. The molecule has 0 aliphatic carbocycles. The Morgan fingerprint density at radius 1 is 0.966 bits per heavy atom. The van der Waals surface area contributed by atoms with Crippen LogP contribution >= 0.6 is 31.9 Å². The number of rotatable bonds is 6. The summed E-state index contributed by atoms with van der Waals surface area (Å²) in [6.45, 7) is 1.81. The number of amides is 1. The summed E-state index contributed by atoms with van der Waals surface area (Å²) < 4.78 is 1.28. The van der Waals surface area contributed by atoms with Crippen LogP contribution in [-0.2, 0) is 0 Å². The van der Waals surface area contributed by atoms with Crippen molar-refractivity contribution in [1.29, 1.82) is 0 Å². The van der Waals surface area contributed by atoms with Crippen LogP contribution in [0.3, 0.4) is 0 Å². The normalized spacial score (nSPS) is 10.7. The Bertz CT molecular complexity index is 1030. The fraction of sp³-hybridized carbons (Fsp3) is 0.0667. The SMILES string of the molecule is Cc1c(Br)cc(C(=O)N/N=C\c2c([N+](=O)[O-])cc([N+](=O)[O-])cc2[N+](=O)[O-])cc1Br. The molecule has 1 amide bonds. The van der Waals surface area contributed by atoms with Crippen molar-refractivity contribution in [3.63, 3.8) is 0 Å². The van der Waals surface area contributed by atoms with Gasteiger partial charge in [-0.1, -0.05) is 31.9 Å². The maximum atomic E-state index is 12.2. The standard InChI is InChI=1S/C15H9Br2N5O7/c1-7-11(16)2-8(3-12(7)17)15(23)19-18-6-10-13(21(26)27)4-9(20(24)25)5-14(10)22(28)29/h2-6H,1H3,(H,19,23)/b18-6-. The molecule has 0 atom stereocenters. The highest BCUT2D eigenvalue weighted by Gasteiger charge is 2.29. The van der Waals surface area contributed by atoms with E-state index in [0.717, 1.165) is 5.56 Å². The van der Waals surface area contributed by atoms with Crippen molar-refractivity contribution >= 4 is 61.0 Å². The molecule has 2 aromatic carbocycles. The molecule has 29 heavy (non-hydrogen) atoms. The van der Waals surface area contributed by atoms with Crippen LogP contribution in [0.25, 0.3) is 0 Å². The molecule has 150 valence electrons. The van der Waals surface area contributed by atoms with Crippen LogP contribution in [0.1, 0.15) is 21.5 Å². The average Bonchev–Trinajstić information content (AvgIpc) is 2.64. The Morgan fingerprint density at radius 3 is 1.86 bits per heavy atom. The van der Waals surface area contributed by atoms with Crippen LogP contribution in [0.4, 0.5) is 17.1 Å². The number of hydrogen-bond acceptors (Lipinski definition) is 8. The molecule has 0 radical (unpaired) electrons. The molecule has 0 heterocycles. The third-order valence-electron chi connectivity index (χ3n) is 3.63. The zero-order valence-corrected chi connectivity index (χ0v) is 17.5. The quantitative estimate of drug-likeness (QED) is 0.333. The first kappa shape index (κ1) is 22.0. The molecule has 0 aliphatic rings. The first-order valence-electron chi connectivity index (χ1n) is 7.43. The molecule has 2 rings (SSSR count). The van der Waals surface area contributed by atoms with Crippen molar-refractivity contribution in [2.75, 3.05) is 0 Å². The van der Waals surface area contributed by atoms with Gasteiger partial charge >= 0.3 is 0 Å². The van der Waals surface area contributed by atoms with E-state index in [0.29, 0.717) is 27.3 Å². The fourth-order valence-electron chi connectivity index (χ4n) is 2.14. The van der Waals surface area contributed by atoms with Crippen molar-refractivity contribution < 1.29 is 19.6 Å². The summed E-state index contributed by atoms with van der Waals surface area (Å²) in [5.74, 6) is -0.685. The lowest BCUT2D eigenvalue weighted by Crippen LogP contribution is -2.18. The molecule has 1 N–H and O–H groups in total. The lowest BCUT2D eigenvalue weighted by atomic mass is 10.1. The summed E-state index contributed by atoms with van der Waals surface area (Å²) in [5.41, 5.74) is -0.0734. The van der Waals surface area contributed by atoms with Crippen molar-refractivity contribution in [3.8, 4) is 0 Å². The van der Waals surface area contributed by atoms with Crippen LogP contribution in [0.2, 0.25) is 0 Å². The van der Waals surface area contributed by atoms with Crippen LogP contribution in [-0.4, -0.2) is 26.9 Å². The van der Waals surface area contributed by atoms with Crippen LogP contribution < -0.4 is 5.43 Å². The first-order chi connectivity index (χ1) is 13.5. The van der Waals surface area contributed by atoms with Gasteiger partial charge in [-0.25, -0.2) is 5.43 Å². The van der Waals surface area contributed by atoms with Gasteiger partial charge in [0.15, 0.2) is 5.56 Å². The van der Waals surface area contributed by atoms with E-state index in [-0.39, 0.29) is 5.56 Å². The molecule has 0 aromatic heterocycles. The summed E-state index contributed by atoms with van der Waals surface area (Å²) in [5, 5.41) is 36.8. The van der Waals surface area contributed by atoms with Crippen LogP contribution in [0.5, 0.6) is 0 Å². The predicted octanol–water partition coefficient (Wildman–Crippen LogP) is 4.01. The molecule has 0 bridgehead atoms. The number of nitro groups is 3. The molecule has 0 spiro atoms. The van der Waals surface area contributed by atoms with Gasteiger partial charge in [0.2, 0.25) is 0 Å². The van der Waals surface area contributed by atoms with E-state index in [4.69, 9.17) is 0 Å². The van der Waals surface area contributed by atoms with Crippen LogP contribution in [0.15, 0.2) is 38.3 Å². The van der Waals surface area contributed by atoms with E-state index in [9.17, 15) is 35.1 Å². The van der Waals surface area contributed by atoms with E-state index in [1.807, 2.05) is 0 Å². The monoisotopic (exact) mass is 529 g/mol. The number of non-ortho nitro benzene ring substituents is 1. The maximum absolute atomic E-state index is 12.2. The Hall–Kier alpha value is -3.26. The van der Waals surface area contributed by atoms with Gasteiger partial charge in [0.25, 0.3) is 23.0 Å². The minimum absolute atomic E-state index is 0.194. The predicted molar refractivity (Wildman–Crippen MR) is 108 cm³/mol. The summed E-state index contributed by atoms with van der Waals surface area (Å²) in [4.78, 5) is 42.4. The Balaban J connectivity index is 2.41. The van der Waals surface area contributed by atoms with Gasteiger partial charge in [0.1, 0.15) is 0 Å². The second-order valence-corrected chi connectivity index (χ2v) is 7.14. The topological polar surface area (TPSA) is 171 Å². The zero-order valence-electron chi connectivity index (χ0n) is 14.3. The number of benzene rings is 2. The minimum Gasteiger partial charge on any atom is -0.267 e. The second-order valence-electron chi connectivity index (χ2n) is 5.43. The van der Waals surface area contributed by atoms with Gasteiger partial charge in [-0.05, 0) is 24.6 Å². The number of hydrazone groups is 1. The molecular formula is C15H9Br2N5O7. The van der Waals surface area contributed by atoms with Gasteiger partial charge in [-0.2, -0.15) is 5.10 Å². The third kappa shape index (κ3) is 4.97. The van der Waals surface area contributed by atoms with Gasteiger partial charge in [0, 0.05) is 14.5 Å². The summed E-state index contributed by atoms with van der Waals surface area (Å²) in [6, 6.07) is 4.18. The number of carbonyl (C=O) groups is 1. The lowest BCUT2D eigenvalue weighted by molar-refractivity contribution is -0.403. The van der Waals surface area contributed by atoms with Crippen molar-refractivity contribution in [3.05, 3.63) is 80.2 Å². The van der Waals surface area contributed by atoms with Crippen molar-refractivity contribution in [2.24, 2.45) is 5.10 Å². The van der Waals surface area contributed by atoms with E-state index >= 15 is 0 Å². The Morgan fingerprint density at radius 2 is 1.45 bits per heavy atom. The van der Waals surface area contributed by atoms with E-state index in [1.54, 1.807) is 6.92 Å². The van der Waals surface area contributed by atoms with Crippen LogP contribution in [0, 0.1) is 37.3 Å². The molecule has 0 fully saturated rings. The molecule has 0 unspecified atom stereocenters. The maximum Gasteiger partial charge on any atom is 0.292 e. The summed E-state index contributed by atoms with van der Waals surface area (Å²) in [7, 11) is 0. The van der Waals surface area contributed by atoms with Crippen molar-refractivity contribution in [1.82, 2.24) is 5.43 Å². The van der Waals surface area contributed by atoms with E-state index < -0.39 is 43.3 Å². The largest absolute Gasteiger partial charge is 0.292 e. The molecule has 0 saturated carbocycles. The highest BCUT2D eigenvalue weighted by Crippen LogP contribution is 2.32. The highest BCUT2D eigenvalue weighted by atomic mass is 79.9. The molecule has 0 aliphatic heterocycles. The number of halogens is 2. The van der Waals surface area contributed by atoms with Gasteiger partial charge in [-0.15, -0.1) is 0 Å². The summed E-state index contributed by atoms with van der Waals surface area (Å²) >= 11 is 6.57. The molecule has 12 nitrogen and oxygen atoms in total. The number of hydrogen-bond donors (Lipinski definition) is 1. The number of nitrogens with zero attached hydrogens (tertiary/aromatic N) is 4. The third-order valence-corrected chi connectivity index (χ3v) is 5.28. The molecule has 2 aromatic rings. The Labute approximate surface area is 178 Å². The fourth-order valence-corrected chi connectivity index (χ4v) is 3.33. The smallest absolute Gasteiger partial charge is 0.267 e. The average molecular weight is 531 g/mol. The van der Waals surface area contributed by atoms with Crippen molar-refractivity contribution in [2.45, 2.75) is 6.92 Å². The second kappa shape index (κ2) is 8.83. The van der Waals surface area contributed by atoms with E-state index in [1.165, 1.54) is 12.1 Å². The molecule has 0 saturated heterocycles. The molecule has 14 heteroatoms. The van der Waals surface area contributed by atoms with Gasteiger partial charge < -0.3 is 0 Å².